The van der Waals surface area contributed by atoms with Gasteiger partial charge in [-0.3, -0.25) is 14.4 Å². The summed E-state index contributed by atoms with van der Waals surface area (Å²) in [6.45, 7) is 4.39. The maximum absolute atomic E-state index is 12.9. The lowest BCUT2D eigenvalue weighted by molar-refractivity contribution is -0.130. The molecule has 7 nitrogen and oxygen atoms in total. The summed E-state index contributed by atoms with van der Waals surface area (Å²) in [5.74, 6) is 0.150. The van der Waals surface area contributed by atoms with Crippen LogP contribution in [0.4, 0.5) is 5.69 Å². The van der Waals surface area contributed by atoms with Gasteiger partial charge >= 0.3 is 0 Å². The Bertz CT molecular complexity index is 710. The van der Waals surface area contributed by atoms with Gasteiger partial charge in [0, 0.05) is 33.1 Å². The molecule has 0 saturated carbocycles. The topological polar surface area (TPSA) is 79.0 Å². The molecular formula is C18H23N3O4. The molecule has 0 spiro atoms. The molecule has 1 unspecified atom stereocenters. The van der Waals surface area contributed by atoms with Crippen LogP contribution in [0, 0.1) is 0 Å². The number of likely N-dealkylation sites (tertiary alicyclic amines) is 1. The van der Waals surface area contributed by atoms with Gasteiger partial charge in [0.25, 0.3) is 11.8 Å². The first-order valence-electron chi connectivity index (χ1n) is 8.51. The number of hydrogen-bond acceptors (Lipinski definition) is 4. The van der Waals surface area contributed by atoms with E-state index in [9.17, 15) is 14.4 Å². The van der Waals surface area contributed by atoms with Crippen molar-refractivity contribution in [3.63, 3.8) is 0 Å². The number of amides is 3. The van der Waals surface area contributed by atoms with Crippen molar-refractivity contribution in [2.75, 3.05) is 25.5 Å². The lowest BCUT2D eigenvalue weighted by Crippen LogP contribution is -2.47. The molecule has 1 fully saturated rings. The van der Waals surface area contributed by atoms with Crippen LogP contribution in [0.1, 0.15) is 37.0 Å². The van der Waals surface area contributed by atoms with E-state index in [1.807, 2.05) is 0 Å². The molecule has 0 radical (unpaired) electrons. The third-order valence-corrected chi connectivity index (χ3v) is 4.96. The van der Waals surface area contributed by atoms with Gasteiger partial charge in [0.05, 0.1) is 11.3 Å². The highest BCUT2D eigenvalue weighted by molar-refractivity contribution is 6.04. The predicted molar refractivity (Wildman–Crippen MR) is 92.5 cm³/mol. The summed E-state index contributed by atoms with van der Waals surface area (Å²) in [5, 5.41) is 2.76. The number of anilines is 1. The first-order chi connectivity index (χ1) is 11.9. The number of rotatable bonds is 2. The molecule has 0 aromatic heterocycles. The maximum atomic E-state index is 12.9. The molecule has 2 aliphatic rings. The predicted octanol–water partition coefficient (Wildman–Crippen LogP) is 1.49. The van der Waals surface area contributed by atoms with E-state index in [2.05, 4.69) is 5.32 Å². The molecule has 2 aliphatic heterocycles. The van der Waals surface area contributed by atoms with Gasteiger partial charge < -0.3 is 19.9 Å². The monoisotopic (exact) mass is 345 g/mol. The van der Waals surface area contributed by atoms with Gasteiger partial charge in [0.15, 0.2) is 11.9 Å². The minimum absolute atomic E-state index is 0.0417. The minimum atomic E-state index is -0.628. The highest BCUT2D eigenvalue weighted by atomic mass is 16.5. The SMILES string of the molecule is CC(=O)N(C)C1CCN(C(=O)c2cccc3c2OC(C)C(=O)N3)CC1. The van der Waals surface area contributed by atoms with Crippen LogP contribution in [0.3, 0.4) is 0 Å². The van der Waals surface area contributed by atoms with Crippen LogP contribution >= 0.6 is 0 Å². The summed E-state index contributed by atoms with van der Waals surface area (Å²) < 4.78 is 5.67. The number of carbonyl (C=O) groups excluding carboxylic acids is 3. The van der Waals surface area contributed by atoms with Gasteiger partial charge in [0.2, 0.25) is 5.91 Å². The van der Waals surface area contributed by atoms with Crippen molar-refractivity contribution in [1.82, 2.24) is 9.80 Å². The second-order valence-corrected chi connectivity index (χ2v) is 6.58. The number of nitrogens with one attached hydrogen (secondary N) is 1. The Hall–Kier alpha value is -2.57. The second-order valence-electron chi connectivity index (χ2n) is 6.58. The normalized spacial score (nSPS) is 20.4. The van der Waals surface area contributed by atoms with E-state index in [1.165, 1.54) is 0 Å². The summed E-state index contributed by atoms with van der Waals surface area (Å²) in [4.78, 5) is 39.7. The fourth-order valence-electron chi connectivity index (χ4n) is 3.28. The number of hydrogen-bond donors (Lipinski definition) is 1. The van der Waals surface area contributed by atoms with E-state index in [0.29, 0.717) is 30.1 Å². The molecule has 3 amide bonds. The molecule has 7 heteroatoms. The van der Waals surface area contributed by atoms with Crippen LogP contribution in [-0.4, -0.2) is 59.8 Å². The van der Waals surface area contributed by atoms with Gasteiger partial charge in [-0.15, -0.1) is 0 Å². The van der Waals surface area contributed by atoms with E-state index >= 15 is 0 Å². The van der Waals surface area contributed by atoms with Gasteiger partial charge in [-0.05, 0) is 31.9 Å². The lowest BCUT2D eigenvalue weighted by Gasteiger charge is -2.37. The average Bonchev–Trinajstić information content (AvgIpc) is 2.61. The zero-order valence-corrected chi connectivity index (χ0v) is 14.7. The Kier molecular flexibility index (Phi) is 4.65. The Morgan fingerprint density at radius 2 is 1.96 bits per heavy atom. The fraction of sp³-hybridized carbons (Fsp3) is 0.500. The molecule has 25 heavy (non-hydrogen) atoms. The van der Waals surface area contributed by atoms with Gasteiger partial charge in [-0.1, -0.05) is 6.07 Å². The van der Waals surface area contributed by atoms with Crippen molar-refractivity contribution in [3.05, 3.63) is 23.8 Å². The van der Waals surface area contributed by atoms with Crippen molar-refractivity contribution >= 4 is 23.4 Å². The molecule has 1 aromatic rings. The Balaban J connectivity index is 1.74. The largest absolute Gasteiger partial charge is 0.478 e. The first kappa shape index (κ1) is 17.3. The maximum Gasteiger partial charge on any atom is 0.265 e. The van der Waals surface area contributed by atoms with E-state index in [1.54, 1.807) is 48.9 Å². The molecule has 1 aromatic carbocycles. The van der Waals surface area contributed by atoms with Crippen LogP contribution in [-0.2, 0) is 9.59 Å². The number of carbonyl (C=O) groups is 3. The zero-order chi connectivity index (χ0) is 18.1. The summed E-state index contributed by atoms with van der Waals surface area (Å²) in [6.07, 6.45) is 0.881. The van der Waals surface area contributed by atoms with Crippen LogP contribution in [0.25, 0.3) is 0 Å². The number of para-hydroxylation sites is 1. The number of piperidine rings is 1. The number of nitrogens with zero attached hydrogens (tertiary/aromatic N) is 2. The van der Waals surface area contributed by atoms with Crippen molar-refractivity contribution < 1.29 is 19.1 Å². The van der Waals surface area contributed by atoms with E-state index in [-0.39, 0.29) is 23.8 Å². The minimum Gasteiger partial charge on any atom is -0.478 e. The van der Waals surface area contributed by atoms with Gasteiger partial charge in [-0.25, -0.2) is 0 Å². The van der Waals surface area contributed by atoms with Crippen molar-refractivity contribution in [3.8, 4) is 5.75 Å². The number of ether oxygens (including phenoxy) is 1. The highest BCUT2D eigenvalue weighted by Gasteiger charge is 2.31. The smallest absolute Gasteiger partial charge is 0.265 e. The molecule has 3 rings (SSSR count). The standard InChI is InChI=1S/C18H23N3O4/c1-11-17(23)19-15-6-4-5-14(16(15)25-11)18(24)21-9-7-13(8-10-21)20(3)12(2)22/h4-6,11,13H,7-10H2,1-3H3,(H,19,23). The molecule has 0 aliphatic carbocycles. The van der Waals surface area contributed by atoms with Crippen LogP contribution in [0.5, 0.6) is 5.75 Å². The summed E-state index contributed by atoms with van der Waals surface area (Å²) in [5.41, 5.74) is 0.989. The Morgan fingerprint density at radius 1 is 1.28 bits per heavy atom. The fourth-order valence-corrected chi connectivity index (χ4v) is 3.28. The summed E-state index contributed by atoms with van der Waals surface area (Å²) in [7, 11) is 1.80. The Morgan fingerprint density at radius 3 is 2.60 bits per heavy atom. The third kappa shape index (κ3) is 3.31. The van der Waals surface area contributed by atoms with E-state index < -0.39 is 6.10 Å². The first-order valence-corrected chi connectivity index (χ1v) is 8.51. The van der Waals surface area contributed by atoms with E-state index in [0.717, 1.165) is 12.8 Å². The Labute approximate surface area is 146 Å². The van der Waals surface area contributed by atoms with E-state index in [4.69, 9.17) is 4.74 Å². The molecule has 0 bridgehead atoms. The van der Waals surface area contributed by atoms with Gasteiger partial charge in [0.1, 0.15) is 0 Å². The molecule has 1 N–H and O–H groups in total. The van der Waals surface area contributed by atoms with Crippen LogP contribution in [0.2, 0.25) is 0 Å². The average molecular weight is 345 g/mol. The molecule has 1 saturated heterocycles. The van der Waals surface area contributed by atoms with Gasteiger partial charge in [-0.2, -0.15) is 0 Å². The summed E-state index contributed by atoms with van der Waals surface area (Å²) in [6, 6.07) is 5.35. The molecule has 1 atom stereocenters. The quantitative estimate of drug-likeness (QED) is 0.881. The third-order valence-electron chi connectivity index (χ3n) is 4.96. The summed E-state index contributed by atoms with van der Waals surface area (Å²) >= 11 is 0. The van der Waals surface area contributed by atoms with Crippen LogP contribution < -0.4 is 10.1 Å². The molecule has 134 valence electrons. The second kappa shape index (κ2) is 6.74. The zero-order valence-electron chi connectivity index (χ0n) is 14.7. The number of fused-ring (bicyclic) bond motifs is 1. The van der Waals surface area contributed by atoms with Crippen molar-refractivity contribution in [2.45, 2.75) is 38.8 Å². The van der Waals surface area contributed by atoms with Crippen molar-refractivity contribution in [2.24, 2.45) is 0 Å². The molecule has 2 heterocycles. The highest BCUT2D eigenvalue weighted by Crippen LogP contribution is 2.34. The van der Waals surface area contributed by atoms with Crippen molar-refractivity contribution in [1.29, 1.82) is 0 Å². The number of benzene rings is 1. The lowest BCUT2D eigenvalue weighted by atomic mass is 10.0. The van der Waals surface area contributed by atoms with Crippen LogP contribution in [0.15, 0.2) is 18.2 Å². The molecular weight excluding hydrogens is 322 g/mol.